The number of nitriles is 1. The molecule has 3 aromatic heterocycles. The van der Waals surface area contributed by atoms with Crippen LogP contribution in [-0.4, -0.2) is 75.2 Å². The first kappa shape index (κ1) is 25.1. The van der Waals surface area contributed by atoms with Crippen molar-refractivity contribution in [2.75, 3.05) is 44.3 Å². The summed E-state index contributed by atoms with van der Waals surface area (Å²) >= 11 is 0. The number of piperazine rings is 1. The fourth-order valence-corrected chi connectivity index (χ4v) is 4.00. The van der Waals surface area contributed by atoms with Crippen LogP contribution in [0.15, 0.2) is 29.3 Å². The summed E-state index contributed by atoms with van der Waals surface area (Å²) in [5.41, 5.74) is -1.82. The summed E-state index contributed by atoms with van der Waals surface area (Å²) in [5.74, 6) is 0.658. The molecular weight excluding hydrogens is 481 g/mol. The van der Waals surface area contributed by atoms with Gasteiger partial charge in [-0.15, -0.1) is 0 Å². The minimum absolute atomic E-state index is 0.00764. The standard InChI is InChI=1S/C22H23F3N8O3/c1-14(33-16-12-28-29-21(35)19(16)20(30-33)22(23,24)25)13-36-9-4-18(34)32-7-5-31(6-8-32)17-3-2-15(10-26)11-27-17/h2-3,11-12,14H,4-9,13H2,1H3,(H,29,35). The minimum Gasteiger partial charge on any atom is -0.379 e. The van der Waals surface area contributed by atoms with Crippen molar-refractivity contribution < 1.29 is 22.7 Å². The van der Waals surface area contributed by atoms with Gasteiger partial charge < -0.3 is 14.5 Å². The van der Waals surface area contributed by atoms with Gasteiger partial charge >= 0.3 is 6.18 Å². The van der Waals surface area contributed by atoms with E-state index >= 15 is 0 Å². The highest BCUT2D eigenvalue weighted by Crippen LogP contribution is 2.33. The summed E-state index contributed by atoms with van der Waals surface area (Å²) in [7, 11) is 0. The van der Waals surface area contributed by atoms with E-state index in [2.05, 4.69) is 15.2 Å². The van der Waals surface area contributed by atoms with E-state index in [1.54, 1.807) is 24.0 Å². The van der Waals surface area contributed by atoms with E-state index in [0.29, 0.717) is 31.7 Å². The van der Waals surface area contributed by atoms with Crippen LogP contribution >= 0.6 is 0 Å². The molecule has 0 radical (unpaired) electrons. The number of halogens is 3. The maximum atomic E-state index is 13.4. The first-order valence-corrected chi connectivity index (χ1v) is 11.2. The summed E-state index contributed by atoms with van der Waals surface area (Å²) in [5, 5.41) is 17.5. The lowest BCUT2D eigenvalue weighted by Crippen LogP contribution is -2.49. The van der Waals surface area contributed by atoms with Crippen LogP contribution in [0.5, 0.6) is 0 Å². The van der Waals surface area contributed by atoms with E-state index in [4.69, 9.17) is 10.00 Å². The van der Waals surface area contributed by atoms with E-state index < -0.39 is 28.9 Å². The second kappa shape index (κ2) is 10.3. The Morgan fingerprint density at radius 3 is 2.64 bits per heavy atom. The van der Waals surface area contributed by atoms with Gasteiger partial charge in [0.15, 0.2) is 5.69 Å². The molecule has 1 atom stereocenters. The molecule has 1 amide bonds. The first-order valence-electron chi connectivity index (χ1n) is 11.2. The third-order valence-electron chi connectivity index (χ3n) is 5.87. The van der Waals surface area contributed by atoms with Crippen LogP contribution in [0.4, 0.5) is 19.0 Å². The van der Waals surface area contributed by atoms with Gasteiger partial charge in [0, 0.05) is 32.4 Å². The number of rotatable bonds is 7. The average Bonchev–Trinajstić information content (AvgIpc) is 3.28. The van der Waals surface area contributed by atoms with Crippen molar-refractivity contribution in [2.24, 2.45) is 0 Å². The molecule has 190 valence electrons. The van der Waals surface area contributed by atoms with Gasteiger partial charge in [0.1, 0.15) is 17.3 Å². The Morgan fingerprint density at radius 1 is 1.25 bits per heavy atom. The van der Waals surface area contributed by atoms with Gasteiger partial charge in [-0.1, -0.05) is 0 Å². The van der Waals surface area contributed by atoms with Gasteiger partial charge in [0.25, 0.3) is 5.56 Å². The van der Waals surface area contributed by atoms with Crippen LogP contribution in [0.3, 0.4) is 0 Å². The Balaban J connectivity index is 1.27. The fraction of sp³-hybridized carbons (Fsp3) is 0.455. The van der Waals surface area contributed by atoms with Crippen molar-refractivity contribution in [2.45, 2.75) is 25.6 Å². The predicted octanol–water partition coefficient (Wildman–Crippen LogP) is 1.72. The van der Waals surface area contributed by atoms with Crippen molar-refractivity contribution >= 4 is 22.6 Å². The molecule has 4 heterocycles. The summed E-state index contributed by atoms with van der Waals surface area (Å²) in [4.78, 5) is 32.5. The SMILES string of the molecule is CC(COCCC(=O)N1CCN(c2ccc(C#N)cn2)CC1)n1nc(C(F)(F)F)c2c(=O)[nH]ncc21. The Bertz CT molecular complexity index is 1320. The van der Waals surface area contributed by atoms with Crippen molar-refractivity contribution in [3.8, 4) is 6.07 Å². The first-order chi connectivity index (χ1) is 17.2. The second-order valence-corrected chi connectivity index (χ2v) is 8.31. The topological polar surface area (TPSA) is 133 Å². The largest absolute Gasteiger partial charge is 0.435 e. The molecule has 0 aliphatic carbocycles. The number of amides is 1. The lowest BCUT2D eigenvalue weighted by Gasteiger charge is -2.35. The number of carbonyl (C=O) groups excluding carboxylic acids is 1. The van der Waals surface area contributed by atoms with Crippen LogP contribution < -0.4 is 10.5 Å². The number of pyridine rings is 1. The summed E-state index contributed by atoms with van der Waals surface area (Å²) < 4.78 is 46.7. The maximum absolute atomic E-state index is 13.4. The highest BCUT2D eigenvalue weighted by Gasteiger charge is 2.38. The average molecular weight is 504 g/mol. The number of hydrogen-bond donors (Lipinski definition) is 1. The molecule has 1 aliphatic heterocycles. The van der Waals surface area contributed by atoms with Gasteiger partial charge in [-0.2, -0.15) is 28.6 Å². The molecule has 1 aliphatic rings. The molecule has 0 spiro atoms. The number of ether oxygens (including phenoxy) is 1. The molecule has 1 N–H and O–H groups in total. The molecular formula is C22H23F3N8O3. The molecule has 11 nitrogen and oxygen atoms in total. The lowest BCUT2D eigenvalue weighted by atomic mass is 10.2. The number of fused-ring (bicyclic) bond motifs is 1. The maximum Gasteiger partial charge on any atom is 0.435 e. The zero-order valence-corrected chi connectivity index (χ0v) is 19.3. The van der Waals surface area contributed by atoms with Crippen LogP contribution in [0, 0.1) is 11.3 Å². The van der Waals surface area contributed by atoms with E-state index in [-0.39, 0.29) is 31.1 Å². The number of carbonyl (C=O) groups is 1. The van der Waals surface area contributed by atoms with E-state index in [1.165, 1.54) is 6.20 Å². The van der Waals surface area contributed by atoms with Gasteiger partial charge in [-0.3, -0.25) is 14.3 Å². The van der Waals surface area contributed by atoms with Crippen LogP contribution in [0.1, 0.15) is 30.6 Å². The molecule has 1 unspecified atom stereocenters. The van der Waals surface area contributed by atoms with Gasteiger partial charge in [0.05, 0.1) is 43.0 Å². The van der Waals surface area contributed by atoms with Crippen LogP contribution in [0.2, 0.25) is 0 Å². The molecule has 14 heteroatoms. The number of nitrogens with zero attached hydrogens (tertiary/aromatic N) is 7. The summed E-state index contributed by atoms with van der Waals surface area (Å²) in [6.45, 7) is 3.91. The number of nitrogens with one attached hydrogen (secondary N) is 1. The number of anilines is 1. The lowest BCUT2D eigenvalue weighted by molar-refractivity contribution is -0.140. The minimum atomic E-state index is -4.80. The molecule has 1 saturated heterocycles. The molecule has 36 heavy (non-hydrogen) atoms. The van der Waals surface area contributed by atoms with Crippen LogP contribution in [-0.2, 0) is 15.7 Å². The quantitative estimate of drug-likeness (QED) is 0.481. The van der Waals surface area contributed by atoms with E-state index in [1.807, 2.05) is 16.1 Å². The monoisotopic (exact) mass is 504 g/mol. The van der Waals surface area contributed by atoms with Gasteiger partial charge in [-0.25, -0.2) is 10.1 Å². The zero-order valence-electron chi connectivity index (χ0n) is 19.3. The Hall–Kier alpha value is -3.99. The number of alkyl halides is 3. The van der Waals surface area contributed by atoms with E-state index in [0.717, 1.165) is 16.7 Å². The van der Waals surface area contributed by atoms with Gasteiger partial charge in [0.2, 0.25) is 5.91 Å². The Morgan fingerprint density at radius 2 is 2.00 bits per heavy atom. The Kier molecular flexibility index (Phi) is 7.20. The number of aromatic nitrogens is 5. The third-order valence-corrected chi connectivity index (χ3v) is 5.87. The van der Waals surface area contributed by atoms with Gasteiger partial charge in [-0.05, 0) is 19.1 Å². The molecule has 0 aromatic carbocycles. The van der Waals surface area contributed by atoms with Crippen LogP contribution in [0.25, 0.3) is 10.9 Å². The molecule has 1 fully saturated rings. The van der Waals surface area contributed by atoms with Crippen molar-refractivity contribution in [3.63, 3.8) is 0 Å². The molecule has 4 rings (SSSR count). The summed E-state index contributed by atoms with van der Waals surface area (Å²) in [6, 6.07) is 4.86. The highest BCUT2D eigenvalue weighted by atomic mass is 19.4. The van der Waals surface area contributed by atoms with Crippen molar-refractivity contribution in [1.82, 2.24) is 29.9 Å². The third kappa shape index (κ3) is 5.30. The Labute approximate surface area is 203 Å². The van der Waals surface area contributed by atoms with E-state index in [9.17, 15) is 22.8 Å². The zero-order chi connectivity index (χ0) is 25.9. The predicted molar refractivity (Wildman–Crippen MR) is 121 cm³/mol. The second-order valence-electron chi connectivity index (χ2n) is 8.31. The summed E-state index contributed by atoms with van der Waals surface area (Å²) in [6.07, 6.45) is -2.05. The molecule has 0 saturated carbocycles. The molecule has 0 bridgehead atoms. The normalized spacial score (nSPS) is 15.2. The highest BCUT2D eigenvalue weighted by molar-refractivity contribution is 5.80. The van der Waals surface area contributed by atoms with Crippen molar-refractivity contribution in [3.05, 3.63) is 46.1 Å². The van der Waals surface area contributed by atoms with Crippen molar-refractivity contribution in [1.29, 1.82) is 5.26 Å². The molecule has 3 aromatic rings. The number of H-pyrrole nitrogens is 1. The smallest absolute Gasteiger partial charge is 0.379 e. The number of aromatic amines is 1. The number of hydrogen-bond acceptors (Lipinski definition) is 8. The fourth-order valence-electron chi connectivity index (χ4n) is 4.00.